The Kier molecular flexibility index (Phi) is 3.41. The number of nitrogens with one attached hydrogen (secondary N) is 1. The zero-order chi connectivity index (χ0) is 15.9. The average molecular weight is 305 g/mol. The summed E-state index contributed by atoms with van der Waals surface area (Å²) in [6, 6.07) is 16.9. The Morgan fingerprint density at radius 2 is 1.87 bits per heavy atom. The van der Waals surface area contributed by atoms with E-state index in [4.69, 9.17) is 4.74 Å². The van der Waals surface area contributed by atoms with Crippen molar-refractivity contribution in [1.82, 2.24) is 0 Å². The van der Waals surface area contributed by atoms with Crippen LogP contribution in [0.25, 0.3) is 6.08 Å². The van der Waals surface area contributed by atoms with Crippen LogP contribution in [-0.2, 0) is 6.42 Å². The molecule has 0 radical (unpaired) electrons. The number of rotatable bonds is 3. The molecule has 2 heteroatoms. The molecule has 2 nitrogen and oxygen atoms in total. The third-order valence-corrected chi connectivity index (χ3v) is 4.84. The molecule has 2 aromatic carbocycles. The van der Waals surface area contributed by atoms with Gasteiger partial charge in [0.2, 0.25) is 5.72 Å². The van der Waals surface area contributed by atoms with Crippen LogP contribution >= 0.6 is 0 Å². The number of hydrogen-bond acceptors (Lipinski definition) is 2. The second kappa shape index (κ2) is 5.45. The van der Waals surface area contributed by atoms with Crippen LogP contribution < -0.4 is 10.1 Å². The van der Waals surface area contributed by atoms with Crippen molar-refractivity contribution >= 4 is 11.8 Å². The lowest BCUT2D eigenvalue weighted by Crippen LogP contribution is -2.46. The first kappa shape index (κ1) is 14.4. The molecule has 1 atom stereocenters. The summed E-state index contributed by atoms with van der Waals surface area (Å²) in [5.41, 5.74) is 4.67. The van der Waals surface area contributed by atoms with Crippen molar-refractivity contribution in [1.29, 1.82) is 0 Å². The maximum Gasteiger partial charge on any atom is 0.207 e. The van der Waals surface area contributed by atoms with Crippen LogP contribution in [-0.4, -0.2) is 5.72 Å². The molecular formula is C21H23NO. The number of hydrogen-bond donors (Lipinski definition) is 1. The minimum absolute atomic E-state index is 0.410. The molecule has 0 saturated heterocycles. The van der Waals surface area contributed by atoms with Crippen molar-refractivity contribution in [2.24, 2.45) is 5.92 Å². The summed E-state index contributed by atoms with van der Waals surface area (Å²) in [5.74, 6) is 1.66. The van der Waals surface area contributed by atoms with Gasteiger partial charge in [-0.2, -0.15) is 0 Å². The van der Waals surface area contributed by atoms with Gasteiger partial charge in [-0.1, -0.05) is 50.2 Å². The quantitative estimate of drug-likeness (QED) is 0.834. The van der Waals surface area contributed by atoms with E-state index in [1.807, 2.05) is 6.07 Å². The number of ether oxygens (including phenoxy) is 1. The highest BCUT2D eigenvalue weighted by Crippen LogP contribution is 2.44. The van der Waals surface area contributed by atoms with Crippen molar-refractivity contribution in [3.8, 4) is 5.75 Å². The van der Waals surface area contributed by atoms with E-state index in [1.54, 1.807) is 0 Å². The van der Waals surface area contributed by atoms with E-state index in [0.29, 0.717) is 5.92 Å². The van der Waals surface area contributed by atoms with E-state index in [1.165, 1.54) is 28.8 Å². The molecule has 0 aliphatic carbocycles. The summed E-state index contributed by atoms with van der Waals surface area (Å²) >= 11 is 0. The van der Waals surface area contributed by atoms with Crippen molar-refractivity contribution < 1.29 is 4.74 Å². The van der Waals surface area contributed by atoms with Gasteiger partial charge in [-0.05, 0) is 48.1 Å². The lowest BCUT2D eigenvalue weighted by Gasteiger charge is -2.37. The van der Waals surface area contributed by atoms with Gasteiger partial charge in [0.1, 0.15) is 5.75 Å². The minimum atomic E-state index is -0.410. The van der Waals surface area contributed by atoms with Crippen LogP contribution in [0.1, 0.15) is 37.8 Å². The molecule has 2 aliphatic heterocycles. The normalized spacial score (nSPS) is 21.4. The highest BCUT2D eigenvalue weighted by Gasteiger charge is 2.44. The van der Waals surface area contributed by atoms with E-state index in [0.717, 1.165) is 18.6 Å². The molecule has 1 spiro atoms. The van der Waals surface area contributed by atoms with E-state index in [2.05, 4.69) is 67.7 Å². The van der Waals surface area contributed by atoms with Gasteiger partial charge in [-0.15, -0.1) is 0 Å². The minimum Gasteiger partial charge on any atom is -0.463 e. The molecule has 0 fully saturated rings. The van der Waals surface area contributed by atoms with Gasteiger partial charge in [-0.3, -0.25) is 0 Å². The SMILES string of the molecule is CC(C)CCC1=Cc2ccccc2OC12Cc1ccccc1N2. The Hall–Kier alpha value is -2.22. The van der Waals surface area contributed by atoms with E-state index in [-0.39, 0.29) is 0 Å². The molecule has 2 aliphatic rings. The number of para-hydroxylation sites is 2. The monoisotopic (exact) mass is 305 g/mol. The molecule has 1 unspecified atom stereocenters. The Morgan fingerprint density at radius 1 is 1.09 bits per heavy atom. The molecule has 1 N–H and O–H groups in total. The zero-order valence-electron chi connectivity index (χ0n) is 13.8. The van der Waals surface area contributed by atoms with Crippen LogP contribution in [0.5, 0.6) is 5.75 Å². The van der Waals surface area contributed by atoms with Gasteiger partial charge in [0, 0.05) is 17.7 Å². The fourth-order valence-corrected chi connectivity index (χ4v) is 3.55. The number of benzene rings is 2. The van der Waals surface area contributed by atoms with Crippen LogP contribution in [0.3, 0.4) is 0 Å². The largest absolute Gasteiger partial charge is 0.463 e. The smallest absolute Gasteiger partial charge is 0.207 e. The fourth-order valence-electron chi connectivity index (χ4n) is 3.55. The molecule has 0 aromatic heterocycles. The lowest BCUT2D eigenvalue weighted by molar-refractivity contribution is 0.137. The molecule has 0 saturated carbocycles. The van der Waals surface area contributed by atoms with Crippen LogP contribution in [0.15, 0.2) is 54.1 Å². The standard InChI is InChI=1S/C21H23NO/c1-15(2)11-12-18-13-16-7-4-6-10-20(16)23-21(18)14-17-8-3-5-9-19(17)22-21/h3-10,13,15,22H,11-12,14H2,1-2H3. The summed E-state index contributed by atoms with van der Waals surface area (Å²) in [7, 11) is 0. The Balaban J connectivity index is 1.74. The van der Waals surface area contributed by atoms with E-state index < -0.39 is 5.72 Å². The first-order valence-corrected chi connectivity index (χ1v) is 8.51. The molecule has 23 heavy (non-hydrogen) atoms. The summed E-state index contributed by atoms with van der Waals surface area (Å²) < 4.78 is 6.53. The van der Waals surface area contributed by atoms with Crippen molar-refractivity contribution in [3.63, 3.8) is 0 Å². The van der Waals surface area contributed by atoms with Gasteiger partial charge in [0.05, 0.1) is 0 Å². The number of anilines is 1. The lowest BCUT2D eigenvalue weighted by atomic mass is 9.88. The Bertz CT molecular complexity index is 735. The predicted molar refractivity (Wildman–Crippen MR) is 95.6 cm³/mol. The molecular weight excluding hydrogens is 282 g/mol. The van der Waals surface area contributed by atoms with Gasteiger partial charge >= 0.3 is 0 Å². The van der Waals surface area contributed by atoms with Gasteiger partial charge in [0.15, 0.2) is 0 Å². The summed E-state index contributed by atoms with van der Waals surface area (Å²) in [4.78, 5) is 0. The fraction of sp³-hybridized carbons (Fsp3) is 0.333. The van der Waals surface area contributed by atoms with E-state index in [9.17, 15) is 0 Å². The first-order chi connectivity index (χ1) is 11.2. The zero-order valence-corrected chi connectivity index (χ0v) is 13.8. The second-order valence-electron chi connectivity index (χ2n) is 7.03. The second-order valence-corrected chi connectivity index (χ2v) is 7.03. The predicted octanol–water partition coefficient (Wildman–Crippen LogP) is 5.26. The highest BCUT2D eigenvalue weighted by molar-refractivity contribution is 5.70. The van der Waals surface area contributed by atoms with Crippen LogP contribution in [0.2, 0.25) is 0 Å². The summed E-state index contributed by atoms with van der Waals surface area (Å²) in [6.07, 6.45) is 5.46. The van der Waals surface area contributed by atoms with Gasteiger partial charge < -0.3 is 10.1 Å². The molecule has 4 rings (SSSR count). The molecule has 0 bridgehead atoms. The van der Waals surface area contributed by atoms with Gasteiger partial charge in [0.25, 0.3) is 0 Å². The molecule has 118 valence electrons. The van der Waals surface area contributed by atoms with Crippen LogP contribution in [0, 0.1) is 5.92 Å². The van der Waals surface area contributed by atoms with Crippen molar-refractivity contribution in [2.75, 3.05) is 5.32 Å². The average Bonchev–Trinajstić information content (AvgIpc) is 2.91. The summed E-state index contributed by atoms with van der Waals surface area (Å²) in [6.45, 7) is 4.56. The maximum atomic E-state index is 6.53. The van der Waals surface area contributed by atoms with Crippen molar-refractivity contribution in [2.45, 2.75) is 38.8 Å². The molecule has 2 heterocycles. The third kappa shape index (κ3) is 2.52. The molecule has 2 aromatic rings. The number of fused-ring (bicyclic) bond motifs is 2. The molecule has 0 amide bonds. The first-order valence-electron chi connectivity index (χ1n) is 8.51. The van der Waals surface area contributed by atoms with Crippen molar-refractivity contribution in [3.05, 3.63) is 65.2 Å². The van der Waals surface area contributed by atoms with Gasteiger partial charge in [-0.25, -0.2) is 0 Å². The Morgan fingerprint density at radius 3 is 2.70 bits per heavy atom. The Labute approximate surface area is 138 Å². The third-order valence-electron chi connectivity index (χ3n) is 4.84. The topological polar surface area (TPSA) is 21.3 Å². The maximum absolute atomic E-state index is 6.53. The van der Waals surface area contributed by atoms with E-state index >= 15 is 0 Å². The summed E-state index contributed by atoms with van der Waals surface area (Å²) in [5, 5.41) is 3.67. The van der Waals surface area contributed by atoms with Crippen LogP contribution in [0.4, 0.5) is 5.69 Å². The highest BCUT2D eigenvalue weighted by atomic mass is 16.5.